The van der Waals surface area contributed by atoms with Crippen LogP contribution in [0.25, 0.3) is 0 Å². The monoisotopic (exact) mass is 365 g/mol. The third kappa shape index (κ3) is 3.73. The van der Waals surface area contributed by atoms with Crippen molar-refractivity contribution in [3.63, 3.8) is 0 Å². The fourth-order valence-corrected chi connectivity index (χ4v) is 4.11. The number of aryl methyl sites for hydroxylation is 1. The van der Waals surface area contributed by atoms with Crippen molar-refractivity contribution >= 4 is 11.6 Å². The Hall–Kier alpha value is -2.31. The van der Waals surface area contributed by atoms with Crippen molar-refractivity contribution in [1.82, 2.24) is 19.8 Å². The molecule has 1 amide bonds. The Balaban J connectivity index is 1.35. The normalized spacial score (nSPS) is 23.0. The summed E-state index contributed by atoms with van der Waals surface area (Å²) in [6.07, 6.45) is 4.62. The summed E-state index contributed by atoms with van der Waals surface area (Å²) in [5.74, 6) is 0.243. The van der Waals surface area contributed by atoms with E-state index >= 15 is 0 Å². The van der Waals surface area contributed by atoms with Gasteiger partial charge in [0.05, 0.1) is 29.7 Å². The minimum atomic E-state index is 0.0156. The molecule has 0 aliphatic carbocycles. The molecule has 3 heterocycles. The van der Waals surface area contributed by atoms with E-state index in [1.807, 2.05) is 54.5 Å². The smallest absolute Gasteiger partial charge is 0.244 e. The number of amides is 1. The van der Waals surface area contributed by atoms with Crippen LogP contribution in [-0.4, -0.2) is 64.4 Å². The number of carbonyl (C=O) groups excluding carboxylic acids is 1. The molecule has 2 aliphatic heterocycles. The molecule has 2 aromatic rings. The second kappa shape index (κ2) is 7.74. The van der Waals surface area contributed by atoms with Gasteiger partial charge in [-0.3, -0.25) is 24.6 Å². The molecular formula is C21H27N5O. The van der Waals surface area contributed by atoms with Crippen LogP contribution in [0, 0.1) is 6.92 Å². The van der Waals surface area contributed by atoms with Gasteiger partial charge in [0.25, 0.3) is 0 Å². The maximum atomic E-state index is 12.9. The van der Waals surface area contributed by atoms with Gasteiger partial charge >= 0.3 is 0 Å². The Morgan fingerprint density at radius 2 is 1.74 bits per heavy atom. The average molecular weight is 365 g/mol. The SMILES string of the molecule is Cc1cnc(C(C)N2CCN(C3CCN(c4ccccc4)C3=O)CC2)cn1. The number of carbonyl (C=O) groups is 1. The summed E-state index contributed by atoms with van der Waals surface area (Å²) >= 11 is 0. The van der Waals surface area contributed by atoms with Gasteiger partial charge in [-0.25, -0.2) is 0 Å². The highest BCUT2D eigenvalue weighted by Crippen LogP contribution is 2.26. The Bertz CT molecular complexity index is 771. The molecule has 0 bridgehead atoms. The lowest BCUT2D eigenvalue weighted by atomic mass is 10.1. The van der Waals surface area contributed by atoms with E-state index in [0.29, 0.717) is 0 Å². The van der Waals surface area contributed by atoms with Crippen LogP contribution in [0.2, 0.25) is 0 Å². The van der Waals surface area contributed by atoms with Gasteiger partial charge in [-0.15, -0.1) is 0 Å². The molecule has 1 aromatic heterocycles. The number of para-hydroxylation sites is 1. The Morgan fingerprint density at radius 3 is 2.41 bits per heavy atom. The van der Waals surface area contributed by atoms with Crippen molar-refractivity contribution in [3.8, 4) is 0 Å². The van der Waals surface area contributed by atoms with E-state index in [2.05, 4.69) is 26.7 Å². The zero-order valence-corrected chi connectivity index (χ0v) is 16.1. The van der Waals surface area contributed by atoms with Crippen LogP contribution in [0.3, 0.4) is 0 Å². The number of benzene rings is 1. The minimum absolute atomic E-state index is 0.0156. The van der Waals surface area contributed by atoms with Gasteiger partial charge in [0, 0.05) is 44.6 Å². The molecule has 2 unspecified atom stereocenters. The van der Waals surface area contributed by atoms with Crippen LogP contribution in [0.15, 0.2) is 42.7 Å². The third-order valence-electron chi connectivity index (χ3n) is 5.81. The fourth-order valence-electron chi connectivity index (χ4n) is 4.11. The maximum absolute atomic E-state index is 12.9. The summed E-state index contributed by atoms with van der Waals surface area (Å²) in [4.78, 5) is 28.5. The standard InChI is InChI=1S/C21H27N5O/c1-16-14-23-19(15-22-16)17(2)24-10-12-25(13-11-24)20-8-9-26(21(20)27)18-6-4-3-5-7-18/h3-7,14-15,17,20H,8-13H2,1-2H3. The lowest BCUT2D eigenvalue weighted by Gasteiger charge is -2.39. The van der Waals surface area contributed by atoms with Gasteiger partial charge in [-0.1, -0.05) is 18.2 Å². The van der Waals surface area contributed by atoms with E-state index < -0.39 is 0 Å². The number of hydrogen-bond acceptors (Lipinski definition) is 5. The van der Waals surface area contributed by atoms with E-state index in [9.17, 15) is 4.79 Å². The van der Waals surface area contributed by atoms with Crippen molar-refractivity contribution in [2.75, 3.05) is 37.6 Å². The molecule has 142 valence electrons. The van der Waals surface area contributed by atoms with Crippen molar-refractivity contribution in [3.05, 3.63) is 54.1 Å². The second-order valence-corrected chi connectivity index (χ2v) is 7.46. The molecular weight excluding hydrogens is 338 g/mol. The minimum Gasteiger partial charge on any atom is -0.311 e. The fraction of sp³-hybridized carbons (Fsp3) is 0.476. The van der Waals surface area contributed by atoms with Gasteiger partial charge in [0.2, 0.25) is 5.91 Å². The molecule has 6 heteroatoms. The van der Waals surface area contributed by atoms with Gasteiger partial charge in [-0.05, 0) is 32.4 Å². The van der Waals surface area contributed by atoms with Gasteiger partial charge in [0.1, 0.15) is 0 Å². The number of rotatable bonds is 4. The van der Waals surface area contributed by atoms with E-state index in [4.69, 9.17) is 0 Å². The highest BCUT2D eigenvalue weighted by Gasteiger charge is 2.38. The van der Waals surface area contributed by atoms with Crippen molar-refractivity contribution < 1.29 is 4.79 Å². The predicted molar refractivity (Wildman–Crippen MR) is 106 cm³/mol. The molecule has 0 N–H and O–H groups in total. The first-order valence-corrected chi connectivity index (χ1v) is 9.76. The van der Waals surface area contributed by atoms with Gasteiger partial charge in [-0.2, -0.15) is 0 Å². The lowest BCUT2D eigenvalue weighted by molar-refractivity contribution is -0.122. The van der Waals surface area contributed by atoms with Crippen LogP contribution in [0.5, 0.6) is 0 Å². The number of piperazine rings is 1. The van der Waals surface area contributed by atoms with E-state index in [1.54, 1.807) is 0 Å². The highest BCUT2D eigenvalue weighted by molar-refractivity contribution is 5.99. The molecule has 0 saturated carbocycles. The molecule has 2 aliphatic rings. The zero-order valence-electron chi connectivity index (χ0n) is 16.1. The molecule has 2 atom stereocenters. The number of anilines is 1. The molecule has 6 nitrogen and oxygen atoms in total. The first kappa shape index (κ1) is 18.1. The molecule has 1 aromatic carbocycles. The largest absolute Gasteiger partial charge is 0.311 e. The summed E-state index contributed by atoms with van der Waals surface area (Å²) in [6, 6.07) is 10.3. The molecule has 2 fully saturated rings. The van der Waals surface area contributed by atoms with Crippen LogP contribution < -0.4 is 4.90 Å². The topological polar surface area (TPSA) is 52.6 Å². The second-order valence-electron chi connectivity index (χ2n) is 7.46. The maximum Gasteiger partial charge on any atom is 0.244 e. The summed E-state index contributed by atoms with van der Waals surface area (Å²) in [6.45, 7) is 8.69. The lowest BCUT2D eigenvalue weighted by Crippen LogP contribution is -2.53. The molecule has 27 heavy (non-hydrogen) atoms. The van der Waals surface area contributed by atoms with E-state index in [1.165, 1.54) is 0 Å². The van der Waals surface area contributed by atoms with Gasteiger partial charge in [0.15, 0.2) is 0 Å². The molecule has 0 radical (unpaired) electrons. The summed E-state index contributed by atoms with van der Waals surface area (Å²) < 4.78 is 0. The number of nitrogens with zero attached hydrogens (tertiary/aromatic N) is 5. The third-order valence-corrected chi connectivity index (χ3v) is 5.81. The van der Waals surface area contributed by atoms with Crippen molar-refractivity contribution in [1.29, 1.82) is 0 Å². The average Bonchev–Trinajstić information content (AvgIpc) is 3.10. The highest BCUT2D eigenvalue weighted by atomic mass is 16.2. The molecule has 0 spiro atoms. The van der Waals surface area contributed by atoms with Gasteiger partial charge < -0.3 is 4.90 Å². The number of aromatic nitrogens is 2. The summed E-state index contributed by atoms with van der Waals surface area (Å²) in [5.41, 5.74) is 2.97. The van der Waals surface area contributed by atoms with E-state index in [-0.39, 0.29) is 18.0 Å². The van der Waals surface area contributed by atoms with Crippen molar-refractivity contribution in [2.24, 2.45) is 0 Å². The first-order valence-electron chi connectivity index (χ1n) is 9.76. The first-order chi connectivity index (χ1) is 13.1. The zero-order chi connectivity index (χ0) is 18.8. The molecule has 2 saturated heterocycles. The summed E-state index contributed by atoms with van der Waals surface area (Å²) in [5, 5.41) is 0. The van der Waals surface area contributed by atoms with Crippen LogP contribution >= 0.6 is 0 Å². The Labute approximate surface area is 160 Å². The van der Waals surface area contributed by atoms with Crippen LogP contribution in [0.1, 0.15) is 30.8 Å². The van der Waals surface area contributed by atoms with E-state index in [0.717, 1.165) is 56.2 Å². The quantitative estimate of drug-likeness (QED) is 0.832. The van der Waals surface area contributed by atoms with Crippen molar-refractivity contribution in [2.45, 2.75) is 32.4 Å². The molecule has 4 rings (SSSR count). The van der Waals surface area contributed by atoms with Crippen LogP contribution in [0.4, 0.5) is 5.69 Å². The summed E-state index contributed by atoms with van der Waals surface area (Å²) in [7, 11) is 0. The Kier molecular flexibility index (Phi) is 5.18. The number of hydrogen-bond donors (Lipinski definition) is 0. The van der Waals surface area contributed by atoms with Crippen LogP contribution in [-0.2, 0) is 4.79 Å². The Morgan fingerprint density at radius 1 is 1.00 bits per heavy atom. The predicted octanol–water partition coefficient (Wildman–Crippen LogP) is 2.27.